The molecule has 3 heteroatoms. The van der Waals surface area contributed by atoms with Crippen LogP contribution in [0, 0.1) is 13.8 Å². The molecule has 2 aromatic heterocycles. The number of rotatable bonds is 2. The largest absolute Gasteiger partial charge is 0.309 e. The average molecular weight is 328 g/mol. The van der Waals surface area contributed by atoms with Gasteiger partial charge in [0, 0.05) is 28.9 Å². The lowest BCUT2D eigenvalue weighted by Crippen LogP contribution is -2.17. The molecule has 0 unspecified atom stereocenters. The van der Waals surface area contributed by atoms with Crippen LogP contribution < -0.4 is 5.56 Å². The van der Waals surface area contributed by atoms with E-state index in [0.717, 1.165) is 38.6 Å². The lowest BCUT2D eigenvalue weighted by molar-refractivity contribution is 0.760. The minimum absolute atomic E-state index is 0.0373. The molecule has 0 saturated heterocycles. The van der Waals surface area contributed by atoms with E-state index in [9.17, 15) is 4.79 Å². The zero-order valence-corrected chi connectivity index (χ0v) is 14.7. The molecule has 2 aromatic carbocycles. The summed E-state index contributed by atoms with van der Waals surface area (Å²) in [4.78, 5) is 17.0. The van der Waals surface area contributed by atoms with Gasteiger partial charge in [-0.2, -0.15) is 0 Å². The van der Waals surface area contributed by atoms with Crippen molar-refractivity contribution in [1.29, 1.82) is 0 Å². The van der Waals surface area contributed by atoms with Gasteiger partial charge in [0.1, 0.15) is 0 Å². The highest BCUT2D eigenvalue weighted by Crippen LogP contribution is 2.29. The minimum Gasteiger partial charge on any atom is -0.309 e. The van der Waals surface area contributed by atoms with Crippen LogP contribution in [-0.2, 0) is 6.54 Å². The Balaban J connectivity index is 2.02. The summed E-state index contributed by atoms with van der Waals surface area (Å²) < 4.78 is 1.80. The first-order valence-corrected chi connectivity index (χ1v) is 8.59. The quantitative estimate of drug-likeness (QED) is 0.493. The summed E-state index contributed by atoms with van der Waals surface area (Å²) in [5.74, 6) is 0. The van der Waals surface area contributed by atoms with Crippen molar-refractivity contribution in [2.24, 2.45) is 0 Å². The van der Waals surface area contributed by atoms with Crippen LogP contribution in [0.3, 0.4) is 0 Å². The molecule has 3 nitrogen and oxygen atoms in total. The number of nitrogens with zero attached hydrogens (tertiary/aromatic N) is 2. The fraction of sp³-hybridized carbons (Fsp3) is 0.182. The maximum absolute atomic E-state index is 12.1. The van der Waals surface area contributed by atoms with Crippen LogP contribution >= 0.6 is 0 Å². The molecule has 0 spiro atoms. The first kappa shape index (κ1) is 15.6. The molecule has 0 saturated carbocycles. The molecule has 0 bridgehead atoms. The number of benzene rings is 2. The van der Waals surface area contributed by atoms with Crippen molar-refractivity contribution in [2.45, 2.75) is 27.3 Å². The van der Waals surface area contributed by atoms with Gasteiger partial charge >= 0.3 is 0 Å². The molecular formula is C22H20N2O. The third kappa shape index (κ3) is 2.52. The number of aromatic nitrogens is 2. The number of hydrogen-bond donors (Lipinski definition) is 0. The highest BCUT2D eigenvalue weighted by Gasteiger charge is 2.10. The van der Waals surface area contributed by atoms with E-state index < -0.39 is 0 Å². The molecule has 124 valence electrons. The Morgan fingerprint density at radius 1 is 0.920 bits per heavy atom. The predicted molar refractivity (Wildman–Crippen MR) is 104 cm³/mol. The lowest BCUT2D eigenvalue weighted by Gasteiger charge is -2.12. The molecule has 4 rings (SSSR count). The summed E-state index contributed by atoms with van der Waals surface area (Å²) in [5.41, 5.74) is 6.47. The average Bonchev–Trinajstić information content (AvgIpc) is 2.61. The Bertz CT molecular complexity index is 1150. The molecule has 0 radical (unpaired) electrons. The second kappa shape index (κ2) is 5.85. The van der Waals surface area contributed by atoms with E-state index >= 15 is 0 Å². The highest BCUT2D eigenvalue weighted by molar-refractivity contribution is 6.05. The van der Waals surface area contributed by atoms with Gasteiger partial charge in [-0.15, -0.1) is 0 Å². The van der Waals surface area contributed by atoms with Crippen LogP contribution in [0.5, 0.6) is 0 Å². The van der Waals surface area contributed by atoms with Crippen molar-refractivity contribution < 1.29 is 0 Å². The summed E-state index contributed by atoms with van der Waals surface area (Å²) in [5, 5.41) is 2.16. The van der Waals surface area contributed by atoms with Gasteiger partial charge in [0.25, 0.3) is 5.56 Å². The third-order valence-electron chi connectivity index (χ3n) is 4.80. The molecule has 0 atom stereocenters. The van der Waals surface area contributed by atoms with E-state index in [1.165, 1.54) is 5.56 Å². The van der Waals surface area contributed by atoms with Crippen molar-refractivity contribution in [3.05, 3.63) is 76.1 Å². The first-order chi connectivity index (χ1) is 12.1. The van der Waals surface area contributed by atoms with E-state index in [1.807, 2.05) is 25.1 Å². The number of hydrogen-bond acceptors (Lipinski definition) is 2. The molecule has 0 N–H and O–H groups in total. The Hall–Kier alpha value is -2.94. The molecular weight excluding hydrogens is 308 g/mol. The standard InChI is InChI=1S/C22H20N2O/c1-4-24-20-11-10-19-18(17(20)9-12-21(24)25)13-15(3)22(23-19)16-7-5-14(2)6-8-16/h5-13H,4H2,1-3H3. The van der Waals surface area contributed by atoms with Gasteiger partial charge in [0.15, 0.2) is 0 Å². The smallest absolute Gasteiger partial charge is 0.251 e. The van der Waals surface area contributed by atoms with E-state index in [1.54, 1.807) is 10.6 Å². The predicted octanol–water partition coefficient (Wildman–Crippen LogP) is 4.85. The highest BCUT2D eigenvalue weighted by atomic mass is 16.1. The van der Waals surface area contributed by atoms with Gasteiger partial charge < -0.3 is 4.57 Å². The molecule has 0 amide bonds. The summed E-state index contributed by atoms with van der Waals surface area (Å²) in [7, 11) is 0. The van der Waals surface area contributed by atoms with Gasteiger partial charge in [-0.05, 0) is 50.6 Å². The molecule has 4 aromatic rings. The van der Waals surface area contributed by atoms with E-state index in [0.29, 0.717) is 6.54 Å². The number of aryl methyl sites for hydroxylation is 3. The number of pyridine rings is 2. The molecule has 2 heterocycles. The number of fused-ring (bicyclic) bond motifs is 3. The van der Waals surface area contributed by atoms with Crippen LogP contribution in [0.15, 0.2) is 59.4 Å². The van der Waals surface area contributed by atoms with Crippen molar-refractivity contribution in [3.63, 3.8) is 0 Å². The summed E-state index contributed by atoms with van der Waals surface area (Å²) in [6.45, 7) is 6.84. The molecule has 0 aliphatic heterocycles. The second-order valence-electron chi connectivity index (χ2n) is 6.50. The molecule has 0 aliphatic rings. The van der Waals surface area contributed by atoms with Crippen LogP contribution in [0.25, 0.3) is 33.1 Å². The van der Waals surface area contributed by atoms with Gasteiger partial charge in [-0.1, -0.05) is 29.8 Å². The fourth-order valence-electron chi connectivity index (χ4n) is 3.46. The normalized spacial score (nSPS) is 11.3. The zero-order valence-electron chi connectivity index (χ0n) is 14.7. The first-order valence-electron chi connectivity index (χ1n) is 8.59. The van der Waals surface area contributed by atoms with Crippen molar-refractivity contribution >= 4 is 21.8 Å². The van der Waals surface area contributed by atoms with Crippen LogP contribution in [0.1, 0.15) is 18.1 Å². The van der Waals surface area contributed by atoms with E-state index in [-0.39, 0.29) is 5.56 Å². The molecule has 25 heavy (non-hydrogen) atoms. The van der Waals surface area contributed by atoms with Gasteiger partial charge in [-0.25, -0.2) is 4.98 Å². The van der Waals surface area contributed by atoms with Gasteiger partial charge in [0.05, 0.1) is 16.7 Å². The van der Waals surface area contributed by atoms with Crippen LogP contribution in [0.4, 0.5) is 0 Å². The summed E-state index contributed by atoms with van der Waals surface area (Å²) in [6.07, 6.45) is 0. The van der Waals surface area contributed by atoms with E-state index in [4.69, 9.17) is 4.98 Å². The fourth-order valence-corrected chi connectivity index (χ4v) is 3.46. The molecule has 0 fully saturated rings. The summed E-state index contributed by atoms with van der Waals surface area (Å²) in [6, 6.07) is 18.2. The lowest BCUT2D eigenvalue weighted by atomic mass is 10.0. The van der Waals surface area contributed by atoms with Gasteiger partial charge in [-0.3, -0.25) is 4.79 Å². The van der Waals surface area contributed by atoms with Crippen LogP contribution in [0.2, 0.25) is 0 Å². The Morgan fingerprint density at radius 3 is 2.40 bits per heavy atom. The van der Waals surface area contributed by atoms with Crippen molar-refractivity contribution in [2.75, 3.05) is 0 Å². The maximum atomic E-state index is 12.1. The monoisotopic (exact) mass is 328 g/mol. The summed E-state index contributed by atoms with van der Waals surface area (Å²) >= 11 is 0. The Morgan fingerprint density at radius 2 is 1.68 bits per heavy atom. The second-order valence-corrected chi connectivity index (χ2v) is 6.50. The minimum atomic E-state index is 0.0373. The maximum Gasteiger partial charge on any atom is 0.251 e. The topological polar surface area (TPSA) is 34.9 Å². The Labute approximate surface area is 146 Å². The third-order valence-corrected chi connectivity index (χ3v) is 4.80. The SMILES string of the molecule is CCn1c(=O)ccc2c3cc(C)c(-c4ccc(C)cc4)nc3ccc21. The van der Waals surface area contributed by atoms with E-state index in [2.05, 4.69) is 44.2 Å². The van der Waals surface area contributed by atoms with Crippen molar-refractivity contribution in [1.82, 2.24) is 9.55 Å². The molecule has 0 aliphatic carbocycles. The van der Waals surface area contributed by atoms with Crippen LogP contribution in [-0.4, -0.2) is 9.55 Å². The Kier molecular flexibility index (Phi) is 3.65. The zero-order chi connectivity index (χ0) is 17.6. The van der Waals surface area contributed by atoms with Crippen molar-refractivity contribution in [3.8, 4) is 11.3 Å². The van der Waals surface area contributed by atoms with Gasteiger partial charge in [0.2, 0.25) is 0 Å².